The van der Waals surface area contributed by atoms with Crippen molar-refractivity contribution in [3.05, 3.63) is 0 Å². The lowest BCUT2D eigenvalue weighted by atomic mass is 10.2. The van der Waals surface area contributed by atoms with E-state index in [0.717, 1.165) is 45.4 Å². The van der Waals surface area contributed by atoms with Gasteiger partial charge in [0.1, 0.15) is 5.60 Å². The van der Waals surface area contributed by atoms with Crippen LogP contribution < -0.4 is 10.7 Å². The van der Waals surface area contributed by atoms with Gasteiger partial charge in [0.05, 0.1) is 0 Å². The fourth-order valence-corrected chi connectivity index (χ4v) is 2.90. The average molecular weight is 298 g/mol. The van der Waals surface area contributed by atoms with Crippen LogP contribution in [0.25, 0.3) is 0 Å². The minimum Gasteiger partial charge on any atom is -0.444 e. The summed E-state index contributed by atoms with van der Waals surface area (Å²) in [5.41, 5.74) is 3.17. The zero-order chi connectivity index (χ0) is 15.5. The van der Waals surface area contributed by atoms with Crippen molar-refractivity contribution in [1.82, 2.24) is 20.7 Å². The Hall–Kier alpha value is -0.850. The molecule has 1 saturated carbocycles. The second-order valence-corrected chi connectivity index (χ2v) is 7.27. The molecule has 2 unspecified atom stereocenters. The summed E-state index contributed by atoms with van der Waals surface area (Å²) in [4.78, 5) is 14.1. The van der Waals surface area contributed by atoms with E-state index in [1.807, 2.05) is 20.8 Å². The molecule has 2 rings (SSSR count). The molecule has 2 N–H and O–H groups in total. The predicted molar refractivity (Wildman–Crippen MR) is 83.0 cm³/mol. The quantitative estimate of drug-likeness (QED) is 0.819. The number of ether oxygens (including phenoxy) is 1. The van der Waals surface area contributed by atoms with Gasteiger partial charge in [-0.05, 0) is 47.1 Å². The van der Waals surface area contributed by atoms with Crippen molar-refractivity contribution in [3.63, 3.8) is 0 Å². The van der Waals surface area contributed by atoms with Crippen LogP contribution in [0.2, 0.25) is 0 Å². The van der Waals surface area contributed by atoms with Gasteiger partial charge < -0.3 is 15.0 Å². The number of hydrazine groups is 1. The molecule has 0 aromatic rings. The molecule has 6 heteroatoms. The lowest BCUT2D eigenvalue weighted by Gasteiger charge is -2.34. The highest BCUT2D eigenvalue weighted by Crippen LogP contribution is 2.20. The van der Waals surface area contributed by atoms with Gasteiger partial charge in [0, 0.05) is 38.3 Å². The van der Waals surface area contributed by atoms with E-state index in [-0.39, 0.29) is 12.1 Å². The molecule has 1 aliphatic carbocycles. The van der Waals surface area contributed by atoms with Gasteiger partial charge in [0.25, 0.3) is 0 Å². The lowest BCUT2D eigenvalue weighted by Crippen LogP contribution is -2.53. The number of piperazine rings is 1. The Bertz CT molecular complexity index is 348. The molecule has 0 radical (unpaired) electrons. The van der Waals surface area contributed by atoms with Gasteiger partial charge >= 0.3 is 6.09 Å². The third-order valence-corrected chi connectivity index (χ3v) is 4.02. The molecule has 21 heavy (non-hydrogen) atoms. The Morgan fingerprint density at radius 1 is 1.10 bits per heavy atom. The van der Waals surface area contributed by atoms with Crippen LogP contribution in [-0.4, -0.2) is 66.9 Å². The van der Waals surface area contributed by atoms with Crippen molar-refractivity contribution >= 4 is 6.09 Å². The monoisotopic (exact) mass is 298 g/mol. The summed E-state index contributed by atoms with van der Waals surface area (Å²) in [6, 6.07) is 0.693. The van der Waals surface area contributed by atoms with Crippen molar-refractivity contribution in [2.45, 2.75) is 57.7 Å². The summed E-state index contributed by atoms with van der Waals surface area (Å²) < 4.78 is 5.31. The predicted octanol–water partition coefficient (Wildman–Crippen LogP) is 1.18. The molecule has 0 spiro atoms. The molecule has 1 amide bonds. The first-order valence-corrected chi connectivity index (χ1v) is 8.01. The highest BCUT2D eigenvalue weighted by Gasteiger charge is 2.29. The van der Waals surface area contributed by atoms with Crippen molar-refractivity contribution in [1.29, 1.82) is 0 Å². The van der Waals surface area contributed by atoms with E-state index >= 15 is 0 Å². The van der Waals surface area contributed by atoms with Gasteiger partial charge in [0.2, 0.25) is 0 Å². The van der Waals surface area contributed by atoms with Crippen LogP contribution >= 0.6 is 0 Å². The summed E-state index contributed by atoms with van der Waals surface area (Å²) in [6.45, 7) is 10.0. The molecule has 2 atom stereocenters. The van der Waals surface area contributed by atoms with Crippen LogP contribution in [0, 0.1) is 0 Å². The summed E-state index contributed by atoms with van der Waals surface area (Å²) in [5.74, 6) is 0. The van der Waals surface area contributed by atoms with Crippen LogP contribution in [0.3, 0.4) is 0 Å². The van der Waals surface area contributed by atoms with Crippen LogP contribution in [0.15, 0.2) is 0 Å². The van der Waals surface area contributed by atoms with E-state index in [4.69, 9.17) is 4.74 Å². The molecule has 1 heterocycles. The highest BCUT2D eigenvalue weighted by atomic mass is 16.6. The van der Waals surface area contributed by atoms with Crippen LogP contribution in [0.1, 0.15) is 40.0 Å². The molecule has 122 valence electrons. The minimum atomic E-state index is -0.430. The average Bonchev–Trinajstić information content (AvgIpc) is 2.77. The standard InChI is InChI=1S/C15H30N4O2/c1-15(2,3)21-14(20)16-12-5-6-13(11-12)17-19-9-7-18(4)8-10-19/h12-13,17H,5-11H2,1-4H3,(H,16,20). The minimum absolute atomic E-state index is 0.227. The second kappa shape index (κ2) is 6.94. The topological polar surface area (TPSA) is 56.8 Å². The molecular formula is C15H30N4O2. The van der Waals surface area contributed by atoms with Crippen LogP contribution in [-0.2, 0) is 4.74 Å². The maximum absolute atomic E-state index is 11.8. The Kier molecular flexibility index (Phi) is 5.46. The van der Waals surface area contributed by atoms with Gasteiger partial charge in [-0.15, -0.1) is 0 Å². The number of hydrogen-bond donors (Lipinski definition) is 2. The largest absolute Gasteiger partial charge is 0.444 e. The molecule has 1 saturated heterocycles. The maximum Gasteiger partial charge on any atom is 0.407 e. The number of nitrogens with zero attached hydrogens (tertiary/aromatic N) is 2. The Labute approximate surface area is 128 Å². The summed E-state index contributed by atoms with van der Waals surface area (Å²) in [6.07, 6.45) is 2.80. The first-order valence-electron chi connectivity index (χ1n) is 8.01. The molecule has 0 aromatic heterocycles. The van der Waals surface area contributed by atoms with E-state index in [2.05, 4.69) is 27.7 Å². The number of alkyl carbamates (subject to hydrolysis) is 1. The van der Waals surface area contributed by atoms with Crippen molar-refractivity contribution in [3.8, 4) is 0 Å². The van der Waals surface area contributed by atoms with Gasteiger partial charge in [-0.3, -0.25) is 5.43 Å². The third-order valence-electron chi connectivity index (χ3n) is 4.02. The molecule has 1 aliphatic heterocycles. The lowest BCUT2D eigenvalue weighted by molar-refractivity contribution is 0.0502. The van der Waals surface area contributed by atoms with Gasteiger partial charge in [-0.2, -0.15) is 0 Å². The maximum atomic E-state index is 11.8. The fraction of sp³-hybridized carbons (Fsp3) is 0.933. The number of amides is 1. The van der Waals surface area contributed by atoms with Gasteiger partial charge in [-0.1, -0.05) is 0 Å². The van der Waals surface area contributed by atoms with E-state index in [9.17, 15) is 4.79 Å². The Morgan fingerprint density at radius 3 is 2.33 bits per heavy atom. The number of rotatable bonds is 3. The SMILES string of the molecule is CN1CCN(NC2CCC(NC(=O)OC(C)(C)C)C2)CC1. The van der Waals surface area contributed by atoms with E-state index in [1.54, 1.807) is 0 Å². The third kappa shape index (κ3) is 5.80. The van der Waals surface area contributed by atoms with Crippen molar-refractivity contribution in [2.75, 3.05) is 33.2 Å². The first-order chi connectivity index (χ1) is 9.82. The zero-order valence-electron chi connectivity index (χ0n) is 13.8. The molecule has 6 nitrogen and oxygen atoms in total. The Balaban J connectivity index is 1.67. The number of nitrogens with one attached hydrogen (secondary N) is 2. The number of carbonyl (C=O) groups is 1. The second-order valence-electron chi connectivity index (χ2n) is 7.27. The number of carbonyl (C=O) groups excluding carboxylic acids is 1. The molecule has 0 aromatic carbocycles. The molecule has 0 bridgehead atoms. The summed E-state index contributed by atoms with van der Waals surface area (Å²) in [7, 11) is 2.16. The van der Waals surface area contributed by atoms with Crippen molar-refractivity contribution < 1.29 is 9.53 Å². The van der Waals surface area contributed by atoms with E-state index in [1.165, 1.54) is 0 Å². The molecular weight excluding hydrogens is 268 g/mol. The van der Waals surface area contributed by atoms with Gasteiger partial charge in [-0.25, -0.2) is 9.80 Å². The fourth-order valence-electron chi connectivity index (χ4n) is 2.90. The van der Waals surface area contributed by atoms with E-state index in [0.29, 0.717) is 6.04 Å². The summed E-state index contributed by atoms with van der Waals surface area (Å²) in [5, 5.41) is 5.30. The van der Waals surface area contributed by atoms with Crippen LogP contribution in [0.5, 0.6) is 0 Å². The van der Waals surface area contributed by atoms with Crippen molar-refractivity contribution in [2.24, 2.45) is 0 Å². The molecule has 2 fully saturated rings. The normalized spacial score (nSPS) is 28.6. The van der Waals surface area contributed by atoms with E-state index < -0.39 is 5.60 Å². The smallest absolute Gasteiger partial charge is 0.407 e. The summed E-state index contributed by atoms with van der Waals surface area (Å²) >= 11 is 0. The highest BCUT2D eigenvalue weighted by molar-refractivity contribution is 5.68. The Morgan fingerprint density at radius 2 is 1.71 bits per heavy atom. The van der Waals surface area contributed by atoms with Gasteiger partial charge in [0.15, 0.2) is 0 Å². The first kappa shape index (κ1) is 16.5. The zero-order valence-corrected chi connectivity index (χ0v) is 13.8. The number of likely N-dealkylation sites (N-methyl/N-ethyl adjacent to an activating group) is 1. The van der Waals surface area contributed by atoms with Crippen LogP contribution in [0.4, 0.5) is 4.79 Å². The number of hydrogen-bond acceptors (Lipinski definition) is 5. The molecule has 2 aliphatic rings.